The predicted molar refractivity (Wildman–Crippen MR) is 149 cm³/mol. The molecule has 0 N–H and O–H groups in total. The first kappa shape index (κ1) is 28.0. The number of carbonyl (C=O) groups excluding carboxylic acids is 1. The Labute approximate surface area is 239 Å². The number of alkyl halides is 2. The number of hydrogen-bond donors (Lipinski definition) is 0. The average Bonchev–Trinajstić information content (AvgIpc) is 3.28. The van der Waals surface area contributed by atoms with Gasteiger partial charge in [-0.05, 0) is 30.7 Å². The van der Waals surface area contributed by atoms with Crippen LogP contribution in [0.5, 0.6) is 0 Å². The molecule has 1 atom stereocenters. The van der Waals surface area contributed by atoms with Crippen molar-refractivity contribution in [2.75, 3.05) is 32.5 Å². The molecule has 2 aliphatic heterocycles. The Morgan fingerprint density at radius 3 is 2.64 bits per heavy atom. The maximum absolute atomic E-state index is 13.6. The highest BCUT2D eigenvalue weighted by Crippen LogP contribution is 2.37. The van der Waals surface area contributed by atoms with Crippen molar-refractivity contribution >= 4 is 46.6 Å². The van der Waals surface area contributed by atoms with E-state index in [1.54, 1.807) is 12.1 Å². The van der Waals surface area contributed by atoms with E-state index in [9.17, 15) is 13.6 Å². The minimum Gasteiger partial charge on any atom is -0.469 e. The molecular weight excluding hydrogens is 567 g/mol. The van der Waals surface area contributed by atoms with Gasteiger partial charge in [0.1, 0.15) is 6.04 Å². The molecule has 5 rings (SSSR count). The number of nitrogens with zero attached hydrogens (tertiary/aromatic N) is 5. The van der Waals surface area contributed by atoms with Crippen LogP contribution < -0.4 is 0 Å². The van der Waals surface area contributed by atoms with Crippen LogP contribution in [-0.2, 0) is 9.53 Å². The molecule has 1 aromatic heterocycles. The predicted octanol–water partition coefficient (Wildman–Crippen LogP) is 6.24. The van der Waals surface area contributed by atoms with Crippen LogP contribution in [0.15, 0.2) is 52.6 Å². The quantitative estimate of drug-likeness (QED) is 0.227. The molecule has 3 aromatic rings. The van der Waals surface area contributed by atoms with Gasteiger partial charge in [-0.2, -0.15) is 0 Å². The number of likely N-dealkylation sites (tertiary alicyclic amines) is 1. The van der Waals surface area contributed by atoms with Crippen LogP contribution in [0.3, 0.4) is 0 Å². The van der Waals surface area contributed by atoms with Crippen LogP contribution in [0, 0.1) is 0 Å². The van der Waals surface area contributed by atoms with Crippen molar-refractivity contribution in [3.63, 3.8) is 0 Å². The topological polar surface area (TPSA) is 72.6 Å². The summed E-state index contributed by atoms with van der Waals surface area (Å²) in [6, 6.07) is 12.5. The minimum atomic E-state index is -2.57. The van der Waals surface area contributed by atoms with Crippen molar-refractivity contribution in [3.05, 3.63) is 69.5 Å². The van der Waals surface area contributed by atoms with Crippen molar-refractivity contribution in [3.8, 4) is 5.69 Å². The highest BCUT2D eigenvalue weighted by atomic mass is 35.5. The maximum atomic E-state index is 13.6. The molecule has 0 bridgehead atoms. The molecule has 0 spiro atoms. The summed E-state index contributed by atoms with van der Waals surface area (Å²) in [5, 5.41) is 10.7. The molecule has 0 unspecified atom stereocenters. The van der Waals surface area contributed by atoms with E-state index < -0.39 is 12.0 Å². The zero-order valence-electron chi connectivity index (χ0n) is 21.2. The third kappa shape index (κ3) is 6.29. The van der Waals surface area contributed by atoms with Gasteiger partial charge >= 0.3 is 5.97 Å². The Hall–Kier alpha value is -2.53. The smallest absolute Gasteiger partial charge is 0.305 e. The van der Waals surface area contributed by atoms with Gasteiger partial charge in [0.15, 0.2) is 11.0 Å². The van der Waals surface area contributed by atoms with Crippen molar-refractivity contribution < 1.29 is 18.3 Å². The maximum Gasteiger partial charge on any atom is 0.305 e. The van der Waals surface area contributed by atoms with E-state index in [0.29, 0.717) is 58.5 Å². The zero-order chi connectivity index (χ0) is 27.6. The molecule has 39 heavy (non-hydrogen) atoms. The number of rotatable bonds is 8. The second-order valence-electron chi connectivity index (χ2n) is 9.47. The monoisotopic (exact) mass is 593 g/mol. The fraction of sp³-hybridized carbons (Fsp3) is 0.407. The molecule has 7 nitrogen and oxygen atoms in total. The molecular formula is C27H27Cl2F2N5O2S. The molecule has 2 aromatic carbocycles. The number of methoxy groups -OCH3 is 1. The number of thioether (sulfide) groups is 1. The lowest BCUT2D eigenvalue weighted by Gasteiger charge is -2.31. The summed E-state index contributed by atoms with van der Waals surface area (Å²) in [6.45, 7) is 1.40. The molecule has 0 saturated carbocycles. The lowest BCUT2D eigenvalue weighted by atomic mass is 10.00. The van der Waals surface area contributed by atoms with Gasteiger partial charge in [0.05, 0.1) is 18.5 Å². The van der Waals surface area contributed by atoms with Crippen molar-refractivity contribution in [2.45, 2.75) is 42.8 Å². The van der Waals surface area contributed by atoms with Crippen LogP contribution in [-0.4, -0.2) is 69.8 Å². The number of ether oxygens (including phenoxy) is 1. The number of esters is 1. The fourth-order valence-corrected chi connectivity index (χ4v) is 6.13. The van der Waals surface area contributed by atoms with Crippen molar-refractivity contribution in [1.82, 2.24) is 19.7 Å². The molecule has 1 saturated heterocycles. The summed E-state index contributed by atoms with van der Waals surface area (Å²) in [6.07, 6.45) is 0.270. The largest absolute Gasteiger partial charge is 0.469 e. The van der Waals surface area contributed by atoms with Gasteiger partial charge in [0.2, 0.25) is 0 Å². The summed E-state index contributed by atoms with van der Waals surface area (Å²) < 4.78 is 33.9. The van der Waals surface area contributed by atoms with Crippen molar-refractivity contribution in [1.29, 1.82) is 0 Å². The van der Waals surface area contributed by atoms with Crippen LogP contribution >= 0.6 is 35.0 Å². The third-order valence-corrected chi connectivity index (χ3v) is 8.37. The molecule has 0 aliphatic carbocycles. The Morgan fingerprint density at radius 2 is 1.90 bits per heavy atom. The van der Waals surface area contributed by atoms with Gasteiger partial charge in [0.25, 0.3) is 5.92 Å². The molecule has 12 heteroatoms. The fourth-order valence-electron chi connectivity index (χ4n) is 4.78. The Morgan fingerprint density at radius 1 is 1.13 bits per heavy atom. The summed E-state index contributed by atoms with van der Waals surface area (Å²) in [4.78, 5) is 19.2. The number of fused-ring (bicyclic) bond motifs is 3. The highest BCUT2D eigenvalue weighted by molar-refractivity contribution is 7.99. The third-order valence-electron chi connectivity index (χ3n) is 6.90. The first-order valence-electron chi connectivity index (χ1n) is 12.6. The minimum absolute atomic E-state index is 0.115. The van der Waals surface area contributed by atoms with Gasteiger partial charge in [-0.1, -0.05) is 53.2 Å². The van der Waals surface area contributed by atoms with E-state index in [1.165, 1.54) is 18.9 Å². The molecule has 1 fully saturated rings. The standard InChI is InChI=1S/C27H27Cl2F2N5O2S/c1-38-23(37)9-7-21-25-33-34-26(39-15-14-35-12-10-27(30,31)11-13-35)36(25)22-8-6-17(28)16-19(22)24(32-21)18-4-2-3-5-20(18)29/h2-6,8,16,21H,7,9-15H2,1H3/t21-/m0/s1. The zero-order valence-corrected chi connectivity index (χ0v) is 23.6. The van der Waals surface area contributed by atoms with E-state index in [-0.39, 0.29) is 25.2 Å². The van der Waals surface area contributed by atoms with E-state index in [1.807, 2.05) is 34.9 Å². The summed E-state index contributed by atoms with van der Waals surface area (Å²) in [5.74, 6) is -1.68. The molecule has 206 valence electrons. The summed E-state index contributed by atoms with van der Waals surface area (Å²) in [7, 11) is 1.35. The molecule has 0 radical (unpaired) electrons. The van der Waals surface area contributed by atoms with Gasteiger partial charge in [0, 0.05) is 65.8 Å². The first-order valence-corrected chi connectivity index (χ1v) is 14.4. The number of aliphatic imine (C=N–C) groups is 1. The van der Waals surface area contributed by atoms with Gasteiger partial charge in [-0.15, -0.1) is 10.2 Å². The Bertz CT molecular complexity index is 1390. The van der Waals surface area contributed by atoms with Crippen LogP contribution in [0.1, 0.15) is 48.7 Å². The SMILES string of the molecule is COC(=O)CC[C@@H]1N=C(c2ccccc2Cl)c2cc(Cl)ccc2-n2c(SCCN3CCC(F)(F)CC3)nnc21. The summed E-state index contributed by atoms with van der Waals surface area (Å²) >= 11 is 14.6. The second kappa shape index (κ2) is 11.9. The van der Waals surface area contributed by atoms with Crippen LogP contribution in [0.2, 0.25) is 10.0 Å². The van der Waals surface area contributed by atoms with E-state index in [0.717, 1.165) is 16.8 Å². The van der Waals surface area contributed by atoms with E-state index in [4.69, 9.17) is 32.9 Å². The Balaban J connectivity index is 1.51. The number of benzene rings is 2. The van der Waals surface area contributed by atoms with Crippen LogP contribution in [0.4, 0.5) is 8.78 Å². The van der Waals surface area contributed by atoms with Gasteiger partial charge in [-0.3, -0.25) is 14.4 Å². The molecule has 3 heterocycles. The molecule has 2 aliphatic rings. The van der Waals surface area contributed by atoms with Crippen LogP contribution in [0.25, 0.3) is 5.69 Å². The number of piperidine rings is 1. The number of carbonyl (C=O) groups is 1. The van der Waals surface area contributed by atoms with Crippen molar-refractivity contribution in [2.24, 2.45) is 4.99 Å². The second-order valence-corrected chi connectivity index (χ2v) is 11.4. The first-order chi connectivity index (χ1) is 18.8. The highest BCUT2D eigenvalue weighted by Gasteiger charge is 2.34. The van der Waals surface area contributed by atoms with E-state index in [2.05, 4.69) is 15.1 Å². The molecule has 0 amide bonds. The number of halogens is 4. The lowest BCUT2D eigenvalue weighted by molar-refractivity contribution is -0.140. The van der Waals surface area contributed by atoms with Gasteiger partial charge < -0.3 is 9.64 Å². The summed E-state index contributed by atoms with van der Waals surface area (Å²) in [5.41, 5.74) is 2.93. The number of aromatic nitrogens is 3. The van der Waals surface area contributed by atoms with Gasteiger partial charge in [-0.25, -0.2) is 8.78 Å². The van der Waals surface area contributed by atoms with E-state index >= 15 is 0 Å². The Kier molecular flexibility index (Phi) is 8.56. The lowest BCUT2D eigenvalue weighted by Crippen LogP contribution is -2.40. The normalized spacial score (nSPS) is 18.6. The number of hydrogen-bond acceptors (Lipinski definition) is 7. The average molecular weight is 595 g/mol.